The molecule has 9 aliphatic rings. The first-order chi connectivity index (χ1) is 24.3. The Bertz CT molecular complexity index is 1740. The summed E-state index contributed by atoms with van der Waals surface area (Å²) in [5.74, 6) is 4.40. The third kappa shape index (κ3) is 5.05. The van der Waals surface area contributed by atoms with Crippen LogP contribution < -0.4 is 5.32 Å². The maximum Gasteiger partial charge on any atom is 0.0799 e. The van der Waals surface area contributed by atoms with Gasteiger partial charge in [0.1, 0.15) is 0 Å². The maximum absolute atomic E-state index is 3.96. The summed E-state index contributed by atoms with van der Waals surface area (Å²) >= 11 is 0. The maximum atomic E-state index is 3.96. The van der Waals surface area contributed by atoms with E-state index >= 15 is 0 Å². The molecule has 1 saturated heterocycles. The summed E-state index contributed by atoms with van der Waals surface area (Å²) in [5.41, 5.74) is 13.5. The molecule has 0 amide bonds. The number of fused-ring (bicyclic) bond motifs is 4. The Kier molecular flexibility index (Phi) is 7.89. The Balaban J connectivity index is 1.06. The standard InChI is InChI=1S/C47H56N2/c1-2-43-48-41-21-9-10-22-42(41)49(43)36-26-25-33-27-35(24-23-34(33)28-36)40-29-39(30-13-5-3-6-14-30)46-37-19-11-17-31-18-12-20-38(44(31)37)47(46)45(40)32-15-7-4-8-16-32/h5,7,9,11,13,15,17,19-21,23-24,27-28,30,32,37,39-45,48H,2-4,6,8,10,12,14,16,18,22,25-26,29H2,1H3. The predicted octanol–water partition coefficient (Wildman–Crippen LogP) is 10.9. The van der Waals surface area contributed by atoms with Crippen molar-refractivity contribution in [3.8, 4) is 0 Å². The van der Waals surface area contributed by atoms with Gasteiger partial charge < -0.3 is 4.90 Å². The number of hydrogen-bond donors (Lipinski definition) is 1. The molecule has 1 aliphatic heterocycles. The van der Waals surface area contributed by atoms with Crippen molar-refractivity contribution in [1.82, 2.24) is 10.2 Å². The summed E-state index contributed by atoms with van der Waals surface area (Å²) in [4.78, 5) is 2.79. The molecule has 1 heterocycles. The fourth-order valence-corrected chi connectivity index (χ4v) is 12.4. The molecule has 10 unspecified atom stereocenters. The summed E-state index contributed by atoms with van der Waals surface area (Å²) in [7, 11) is 0. The Morgan fingerprint density at radius 2 is 1.69 bits per heavy atom. The Labute approximate surface area is 295 Å². The highest BCUT2D eigenvalue weighted by molar-refractivity contribution is 5.62. The fraction of sp³-hybridized carbons (Fsp3) is 0.532. The molecule has 10 rings (SSSR count). The van der Waals surface area contributed by atoms with Crippen molar-refractivity contribution < 1.29 is 0 Å². The summed E-state index contributed by atoms with van der Waals surface area (Å²) in [6.07, 6.45) is 46.2. The van der Waals surface area contributed by atoms with E-state index in [0.29, 0.717) is 59.7 Å². The lowest BCUT2D eigenvalue weighted by molar-refractivity contribution is 0.221. The first-order valence-electron chi connectivity index (χ1n) is 20.5. The van der Waals surface area contributed by atoms with Gasteiger partial charge in [0.15, 0.2) is 0 Å². The summed E-state index contributed by atoms with van der Waals surface area (Å²) in [5, 5.41) is 3.96. The molecule has 1 aromatic carbocycles. The van der Waals surface area contributed by atoms with Crippen LogP contribution in [0.15, 0.2) is 107 Å². The fourth-order valence-electron chi connectivity index (χ4n) is 12.4. The van der Waals surface area contributed by atoms with Crippen LogP contribution in [0.4, 0.5) is 0 Å². The monoisotopic (exact) mass is 648 g/mol. The Hall–Kier alpha value is -3.10. The van der Waals surface area contributed by atoms with Crippen molar-refractivity contribution in [3.05, 3.63) is 124 Å². The van der Waals surface area contributed by atoms with Gasteiger partial charge in [-0.3, -0.25) is 5.32 Å². The van der Waals surface area contributed by atoms with Gasteiger partial charge in [-0.2, -0.15) is 0 Å². The third-order valence-corrected chi connectivity index (χ3v) is 14.5. The number of benzene rings is 1. The lowest BCUT2D eigenvalue weighted by Gasteiger charge is -2.45. The van der Waals surface area contributed by atoms with Crippen molar-refractivity contribution in [2.45, 2.75) is 121 Å². The van der Waals surface area contributed by atoms with E-state index < -0.39 is 0 Å². The minimum Gasteiger partial charge on any atom is -0.354 e. The second kappa shape index (κ2) is 12.6. The molecule has 2 nitrogen and oxygen atoms in total. The Morgan fingerprint density at radius 3 is 2.53 bits per heavy atom. The zero-order valence-electron chi connectivity index (χ0n) is 29.7. The van der Waals surface area contributed by atoms with Gasteiger partial charge in [-0.1, -0.05) is 97.0 Å². The average molecular weight is 649 g/mol. The highest BCUT2D eigenvalue weighted by atomic mass is 15.4. The molecular formula is C47H56N2. The number of nitrogens with one attached hydrogen (secondary N) is 1. The molecule has 254 valence electrons. The second-order valence-corrected chi connectivity index (χ2v) is 16.9. The van der Waals surface area contributed by atoms with Crippen molar-refractivity contribution >= 4 is 6.08 Å². The molecule has 0 saturated carbocycles. The number of hydrogen-bond acceptors (Lipinski definition) is 2. The topological polar surface area (TPSA) is 15.3 Å². The minimum atomic E-state index is 0.457. The van der Waals surface area contributed by atoms with Crippen LogP contribution in [0.25, 0.3) is 6.08 Å². The molecule has 8 aliphatic carbocycles. The van der Waals surface area contributed by atoms with Gasteiger partial charge >= 0.3 is 0 Å². The highest BCUT2D eigenvalue weighted by Crippen LogP contribution is 2.64. The van der Waals surface area contributed by atoms with Crippen molar-refractivity contribution in [2.24, 2.45) is 35.5 Å². The minimum absolute atomic E-state index is 0.457. The lowest BCUT2D eigenvalue weighted by Crippen LogP contribution is -2.39. The molecular weight excluding hydrogens is 593 g/mol. The molecule has 0 aromatic heterocycles. The van der Waals surface area contributed by atoms with Gasteiger partial charge in [-0.25, -0.2) is 0 Å². The van der Waals surface area contributed by atoms with Gasteiger partial charge in [0.25, 0.3) is 0 Å². The van der Waals surface area contributed by atoms with Crippen molar-refractivity contribution in [3.63, 3.8) is 0 Å². The summed E-state index contributed by atoms with van der Waals surface area (Å²) < 4.78 is 0. The van der Waals surface area contributed by atoms with Crippen LogP contribution in [0.2, 0.25) is 0 Å². The number of aryl methyl sites for hydroxylation is 1. The zero-order valence-corrected chi connectivity index (χ0v) is 29.7. The molecule has 1 fully saturated rings. The summed E-state index contributed by atoms with van der Waals surface area (Å²) in [6, 6.07) is 8.96. The van der Waals surface area contributed by atoms with Gasteiger partial charge in [0.05, 0.1) is 6.17 Å². The molecule has 2 heteroatoms. The lowest BCUT2D eigenvalue weighted by atomic mass is 9.59. The van der Waals surface area contributed by atoms with E-state index in [1.807, 2.05) is 11.1 Å². The quantitative estimate of drug-likeness (QED) is 0.320. The van der Waals surface area contributed by atoms with Crippen LogP contribution in [-0.4, -0.2) is 23.1 Å². The van der Waals surface area contributed by atoms with Crippen LogP contribution in [0.1, 0.15) is 113 Å². The molecule has 0 bridgehead atoms. The van der Waals surface area contributed by atoms with Gasteiger partial charge in [0.2, 0.25) is 0 Å². The number of rotatable bonds is 5. The smallest absolute Gasteiger partial charge is 0.0799 e. The second-order valence-electron chi connectivity index (χ2n) is 16.9. The van der Waals surface area contributed by atoms with E-state index in [1.54, 1.807) is 28.0 Å². The molecule has 0 spiro atoms. The normalized spacial score (nSPS) is 38.8. The average Bonchev–Trinajstić information content (AvgIpc) is 3.72. The van der Waals surface area contributed by atoms with Crippen LogP contribution in [0.5, 0.6) is 0 Å². The zero-order chi connectivity index (χ0) is 32.5. The number of allylic oxidation sites excluding steroid dienone is 14. The first kappa shape index (κ1) is 30.7. The molecule has 49 heavy (non-hydrogen) atoms. The van der Waals surface area contributed by atoms with Crippen LogP contribution >= 0.6 is 0 Å². The van der Waals surface area contributed by atoms with Crippen LogP contribution in [0, 0.1) is 35.5 Å². The SMILES string of the molecule is CCC1NC2C=CCCC2N1C1=Cc2ccc(C3CC(C4C=CCCC4)C4=C(C5=CCCC6=CC=CC4C65)C3C3C=CCCC3)cc2CC1. The molecule has 1 aromatic rings. The van der Waals surface area contributed by atoms with Crippen LogP contribution in [0.3, 0.4) is 0 Å². The van der Waals surface area contributed by atoms with E-state index in [2.05, 4.69) is 102 Å². The van der Waals surface area contributed by atoms with E-state index in [9.17, 15) is 0 Å². The number of nitrogens with zero attached hydrogens (tertiary/aromatic N) is 1. The predicted molar refractivity (Wildman–Crippen MR) is 204 cm³/mol. The first-order valence-corrected chi connectivity index (χ1v) is 20.5. The van der Waals surface area contributed by atoms with Gasteiger partial charge in [-0.15, -0.1) is 0 Å². The van der Waals surface area contributed by atoms with Crippen molar-refractivity contribution in [1.29, 1.82) is 0 Å². The third-order valence-electron chi connectivity index (χ3n) is 14.5. The molecule has 0 radical (unpaired) electrons. The van der Waals surface area contributed by atoms with Gasteiger partial charge in [0, 0.05) is 29.6 Å². The highest BCUT2D eigenvalue weighted by Gasteiger charge is 2.53. The Morgan fingerprint density at radius 1 is 0.837 bits per heavy atom. The summed E-state index contributed by atoms with van der Waals surface area (Å²) in [6.45, 7) is 2.35. The molecule has 1 N–H and O–H groups in total. The van der Waals surface area contributed by atoms with Crippen LogP contribution in [-0.2, 0) is 6.42 Å². The molecule has 10 atom stereocenters. The van der Waals surface area contributed by atoms with E-state index in [4.69, 9.17) is 0 Å². The van der Waals surface area contributed by atoms with Crippen molar-refractivity contribution in [2.75, 3.05) is 0 Å². The van der Waals surface area contributed by atoms with E-state index in [0.717, 1.165) is 6.42 Å². The largest absolute Gasteiger partial charge is 0.354 e. The van der Waals surface area contributed by atoms with E-state index in [1.165, 1.54) is 89.0 Å². The van der Waals surface area contributed by atoms with Gasteiger partial charge in [-0.05, 0) is 153 Å². The van der Waals surface area contributed by atoms with E-state index in [-0.39, 0.29) is 0 Å².